The fraction of sp³-hybridized carbons (Fsp3) is 0.300. The Bertz CT molecular complexity index is 676. The molecule has 0 aliphatic rings. The van der Waals surface area contributed by atoms with Crippen molar-refractivity contribution in [1.29, 1.82) is 0 Å². The van der Waals surface area contributed by atoms with Gasteiger partial charge in [0.2, 0.25) is 0 Å². The van der Waals surface area contributed by atoms with Gasteiger partial charge in [0.05, 0.1) is 0 Å². The molecular weight excluding hydrogens is 351 g/mol. The van der Waals surface area contributed by atoms with Gasteiger partial charge in [-0.25, -0.2) is 0 Å². The van der Waals surface area contributed by atoms with Crippen LogP contribution in [-0.2, 0) is 0 Å². The Morgan fingerprint density at radius 3 is 2.39 bits per heavy atom. The molecule has 0 spiro atoms. The van der Waals surface area contributed by atoms with E-state index >= 15 is 0 Å². The predicted octanol–water partition coefficient (Wildman–Crippen LogP) is 3.48. The fourth-order valence-electron chi connectivity index (χ4n) is 2.36. The average Bonchev–Trinajstić information content (AvgIpc) is 2.52. The molecule has 2 aromatic carbocycles. The van der Waals surface area contributed by atoms with Gasteiger partial charge in [0, 0.05) is 0 Å². The van der Waals surface area contributed by atoms with Gasteiger partial charge in [-0.1, -0.05) is 0 Å². The summed E-state index contributed by atoms with van der Waals surface area (Å²) in [6, 6.07) is 13.9. The summed E-state index contributed by atoms with van der Waals surface area (Å²) in [6.45, 7) is 6.61. The molecule has 0 aromatic heterocycles. The van der Waals surface area contributed by atoms with Crippen LogP contribution in [0.5, 0.6) is 5.75 Å². The maximum absolute atomic E-state index is 9.98. The molecule has 0 fully saturated rings. The number of aliphatic hydroxyl groups excluding tert-OH is 1. The Hall–Kier alpha value is -1.72. The molecule has 0 bridgehead atoms. The van der Waals surface area contributed by atoms with E-state index in [2.05, 4.69) is 43.6 Å². The average molecular weight is 373 g/mol. The normalized spacial score (nSPS) is 11.5. The molecule has 0 aliphatic heterocycles. The van der Waals surface area contributed by atoms with Crippen LogP contribution in [0, 0.1) is 31.5 Å². The first-order chi connectivity index (χ1) is 11.1. The van der Waals surface area contributed by atoms with Crippen molar-refractivity contribution in [2.24, 2.45) is 0 Å². The Morgan fingerprint density at radius 2 is 1.74 bits per heavy atom. The molecule has 2 nitrogen and oxygen atoms in total. The number of hydrogen-bond acceptors (Lipinski definition) is 2. The van der Waals surface area contributed by atoms with E-state index in [1.54, 1.807) is 0 Å². The first kappa shape index (κ1) is 17.6. The van der Waals surface area contributed by atoms with E-state index in [0.29, 0.717) is 11.9 Å². The van der Waals surface area contributed by atoms with Crippen LogP contribution in [0.2, 0.25) is 5.32 Å². The molecule has 0 radical (unpaired) electrons. The van der Waals surface area contributed by atoms with Gasteiger partial charge in [-0.05, 0) is 0 Å². The predicted molar refractivity (Wildman–Crippen MR) is 96.0 cm³/mol. The van der Waals surface area contributed by atoms with Gasteiger partial charge in [0.1, 0.15) is 0 Å². The van der Waals surface area contributed by atoms with Crippen molar-refractivity contribution in [3.8, 4) is 16.5 Å². The third-order valence-corrected chi connectivity index (χ3v) is 5.06. The summed E-state index contributed by atoms with van der Waals surface area (Å²) in [5.74, 6) is 4.05. The van der Waals surface area contributed by atoms with Gasteiger partial charge in [0.15, 0.2) is 0 Å². The number of para-hydroxylation sites is 1. The van der Waals surface area contributed by atoms with Crippen LogP contribution in [0.1, 0.15) is 22.3 Å². The standard InChI is InChI=1S/C20H22O2Se/c1-15-11-16(2)20(17(3)12-15)9-10-23-14-18(21)13-22-19-7-5-4-6-8-19/h4-8,11-12,18,21H,13-14H2,1-3H3. The van der Waals surface area contributed by atoms with Crippen molar-refractivity contribution < 1.29 is 9.84 Å². The van der Waals surface area contributed by atoms with Gasteiger partial charge in [-0.15, -0.1) is 0 Å². The van der Waals surface area contributed by atoms with Crippen molar-refractivity contribution >= 4 is 15.0 Å². The molecule has 0 amide bonds. The number of hydrogen-bond donors (Lipinski definition) is 1. The molecule has 0 aliphatic carbocycles. The zero-order valence-corrected chi connectivity index (χ0v) is 15.5. The zero-order chi connectivity index (χ0) is 16.7. The monoisotopic (exact) mass is 374 g/mol. The van der Waals surface area contributed by atoms with E-state index in [1.807, 2.05) is 30.3 Å². The van der Waals surface area contributed by atoms with Gasteiger partial charge in [-0.2, -0.15) is 0 Å². The van der Waals surface area contributed by atoms with Crippen molar-refractivity contribution in [3.05, 3.63) is 64.7 Å². The van der Waals surface area contributed by atoms with Crippen molar-refractivity contribution in [2.75, 3.05) is 6.61 Å². The third kappa shape index (κ3) is 5.77. The van der Waals surface area contributed by atoms with E-state index in [0.717, 1.165) is 11.3 Å². The fourth-order valence-corrected chi connectivity index (χ4v) is 3.51. The SMILES string of the molecule is Cc1cc(C)c(C#C[Se]CC(O)COc2ccccc2)c(C)c1. The minimum absolute atomic E-state index is 0.0865. The quantitative estimate of drug-likeness (QED) is 0.642. The Balaban J connectivity index is 1.81. The molecule has 1 atom stereocenters. The molecule has 1 unspecified atom stereocenters. The second-order valence-corrected chi connectivity index (χ2v) is 7.32. The van der Waals surface area contributed by atoms with Crippen LogP contribution in [-0.4, -0.2) is 32.8 Å². The molecular formula is C20H22O2Se. The summed E-state index contributed by atoms with van der Waals surface area (Å²) in [4.78, 5) is 3.23. The van der Waals surface area contributed by atoms with Crippen LogP contribution in [0.3, 0.4) is 0 Å². The van der Waals surface area contributed by atoms with E-state index < -0.39 is 6.10 Å². The molecule has 0 saturated heterocycles. The van der Waals surface area contributed by atoms with E-state index in [4.69, 9.17) is 4.74 Å². The zero-order valence-electron chi connectivity index (χ0n) is 13.8. The van der Waals surface area contributed by atoms with Gasteiger partial charge >= 0.3 is 145 Å². The number of benzene rings is 2. The van der Waals surface area contributed by atoms with Gasteiger partial charge in [0.25, 0.3) is 0 Å². The Morgan fingerprint density at radius 1 is 1.09 bits per heavy atom. The summed E-state index contributed by atoms with van der Waals surface area (Å²) >= 11 is 0.0865. The van der Waals surface area contributed by atoms with Crippen molar-refractivity contribution in [2.45, 2.75) is 32.2 Å². The Kier molecular flexibility index (Phi) is 6.74. The second kappa shape index (κ2) is 8.79. The van der Waals surface area contributed by atoms with Crippen LogP contribution in [0.15, 0.2) is 42.5 Å². The summed E-state index contributed by atoms with van der Waals surface area (Å²) < 4.78 is 5.55. The molecule has 2 rings (SSSR count). The van der Waals surface area contributed by atoms with Crippen LogP contribution >= 0.6 is 0 Å². The molecule has 2 aromatic rings. The minimum atomic E-state index is -0.468. The molecule has 23 heavy (non-hydrogen) atoms. The van der Waals surface area contributed by atoms with E-state index in [-0.39, 0.29) is 15.0 Å². The summed E-state index contributed by atoms with van der Waals surface area (Å²) in [7, 11) is 0. The van der Waals surface area contributed by atoms with Crippen LogP contribution in [0.4, 0.5) is 0 Å². The topological polar surface area (TPSA) is 29.5 Å². The first-order valence-corrected chi connectivity index (χ1v) is 9.69. The van der Waals surface area contributed by atoms with Crippen molar-refractivity contribution in [1.82, 2.24) is 0 Å². The molecule has 1 N–H and O–H groups in total. The van der Waals surface area contributed by atoms with E-state index in [9.17, 15) is 5.11 Å². The summed E-state index contributed by atoms with van der Waals surface area (Å²) in [6.07, 6.45) is -0.468. The van der Waals surface area contributed by atoms with Gasteiger partial charge < -0.3 is 0 Å². The maximum atomic E-state index is 9.98. The van der Waals surface area contributed by atoms with E-state index in [1.165, 1.54) is 16.7 Å². The molecule has 3 heteroatoms. The number of ether oxygens (including phenoxy) is 1. The molecule has 120 valence electrons. The number of aliphatic hydroxyl groups is 1. The number of aryl methyl sites for hydroxylation is 3. The Labute approximate surface area is 145 Å². The molecule has 0 saturated carbocycles. The number of rotatable bonds is 5. The summed E-state index contributed by atoms with van der Waals surface area (Å²) in [5.41, 5.74) is 4.83. The summed E-state index contributed by atoms with van der Waals surface area (Å²) in [5, 5.41) is 10.7. The van der Waals surface area contributed by atoms with Crippen LogP contribution in [0.25, 0.3) is 0 Å². The van der Waals surface area contributed by atoms with Gasteiger partial charge in [-0.3, -0.25) is 0 Å². The first-order valence-electron chi connectivity index (χ1n) is 7.63. The van der Waals surface area contributed by atoms with Crippen LogP contribution < -0.4 is 4.74 Å². The molecule has 0 heterocycles. The van der Waals surface area contributed by atoms with Crippen molar-refractivity contribution in [3.63, 3.8) is 0 Å². The third-order valence-electron chi connectivity index (χ3n) is 3.39. The second-order valence-electron chi connectivity index (χ2n) is 5.59.